The summed E-state index contributed by atoms with van der Waals surface area (Å²) in [4.78, 5) is 25.3. The maximum Gasteiger partial charge on any atom is 0.305 e. The molecule has 7 nitrogen and oxygen atoms in total. The molecule has 1 aromatic carbocycles. The third-order valence-electron chi connectivity index (χ3n) is 4.15. The Morgan fingerprint density at radius 3 is 2.74 bits per heavy atom. The molecule has 1 aromatic heterocycles. The lowest BCUT2D eigenvalue weighted by Crippen LogP contribution is -2.37. The van der Waals surface area contributed by atoms with Crippen molar-refractivity contribution in [1.82, 2.24) is 19.9 Å². The number of hydrogen-bond acceptors (Lipinski definition) is 4. The van der Waals surface area contributed by atoms with Crippen LogP contribution in [0.3, 0.4) is 0 Å². The molecule has 1 atom stereocenters. The van der Waals surface area contributed by atoms with Crippen molar-refractivity contribution in [3.63, 3.8) is 0 Å². The Balaban J connectivity index is 1.86. The van der Waals surface area contributed by atoms with Crippen LogP contribution in [-0.2, 0) is 4.79 Å². The quantitative estimate of drug-likeness (QED) is 0.927. The summed E-state index contributed by atoms with van der Waals surface area (Å²) < 4.78 is 1.62. The lowest BCUT2D eigenvalue weighted by molar-refractivity contribution is -0.137. The van der Waals surface area contributed by atoms with Gasteiger partial charge in [-0.2, -0.15) is 0 Å². The van der Waals surface area contributed by atoms with Gasteiger partial charge in [0, 0.05) is 12.6 Å². The van der Waals surface area contributed by atoms with Gasteiger partial charge in [0.25, 0.3) is 5.91 Å². The summed E-state index contributed by atoms with van der Waals surface area (Å²) >= 11 is 0. The molecule has 1 amide bonds. The molecule has 2 heterocycles. The highest BCUT2D eigenvalue weighted by molar-refractivity contribution is 5.94. The lowest BCUT2D eigenvalue weighted by Gasteiger charge is -2.22. The number of carbonyl (C=O) groups is 2. The lowest BCUT2D eigenvalue weighted by atomic mass is 10.1. The van der Waals surface area contributed by atoms with E-state index >= 15 is 0 Å². The molecular formula is C16H18N4O3. The Bertz CT molecular complexity index is 726. The zero-order chi connectivity index (χ0) is 16.4. The molecule has 0 spiro atoms. The van der Waals surface area contributed by atoms with Crippen LogP contribution in [0, 0.1) is 6.92 Å². The van der Waals surface area contributed by atoms with Crippen LogP contribution in [-0.4, -0.2) is 49.5 Å². The van der Waals surface area contributed by atoms with E-state index < -0.39 is 5.97 Å². The second kappa shape index (κ2) is 6.20. The molecule has 2 aromatic rings. The van der Waals surface area contributed by atoms with E-state index in [1.54, 1.807) is 16.5 Å². The molecular weight excluding hydrogens is 296 g/mol. The van der Waals surface area contributed by atoms with Crippen LogP contribution >= 0.6 is 0 Å². The molecule has 3 rings (SSSR count). The first kappa shape index (κ1) is 15.2. The molecule has 1 saturated heterocycles. The highest BCUT2D eigenvalue weighted by Crippen LogP contribution is 2.23. The highest BCUT2D eigenvalue weighted by atomic mass is 16.4. The van der Waals surface area contributed by atoms with Crippen LogP contribution in [0.1, 0.15) is 35.4 Å². The minimum atomic E-state index is -0.889. The van der Waals surface area contributed by atoms with E-state index in [1.807, 2.05) is 30.3 Å². The molecule has 1 fully saturated rings. The van der Waals surface area contributed by atoms with E-state index in [1.165, 1.54) is 0 Å². The Morgan fingerprint density at radius 1 is 1.30 bits per heavy atom. The minimum Gasteiger partial charge on any atom is -0.481 e. The molecule has 1 N–H and O–H groups in total. The number of nitrogens with zero attached hydrogens (tertiary/aromatic N) is 4. The monoisotopic (exact) mass is 314 g/mol. The molecule has 1 aliphatic heterocycles. The van der Waals surface area contributed by atoms with Gasteiger partial charge in [-0.15, -0.1) is 5.10 Å². The number of amides is 1. The van der Waals surface area contributed by atoms with Crippen molar-refractivity contribution in [1.29, 1.82) is 0 Å². The Hall–Kier alpha value is -2.70. The number of aromatic nitrogens is 3. The average molecular weight is 314 g/mol. The van der Waals surface area contributed by atoms with Gasteiger partial charge in [-0.1, -0.05) is 23.4 Å². The smallest absolute Gasteiger partial charge is 0.305 e. The van der Waals surface area contributed by atoms with Gasteiger partial charge in [0.15, 0.2) is 5.69 Å². The van der Waals surface area contributed by atoms with Gasteiger partial charge in [0.1, 0.15) is 0 Å². The number of aliphatic carboxylic acids is 1. The van der Waals surface area contributed by atoms with Crippen LogP contribution in [0.5, 0.6) is 0 Å². The second-order valence-corrected chi connectivity index (χ2v) is 5.66. The molecule has 7 heteroatoms. The van der Waals surface area contributed by atoms with Gasteiger partial charge < -0.3 is 10.0 Å². The van der Waals surface area contributed by atoms with Gasteiger partial charge in [-0.25, -0.2) is 4.68 Å². The van der Waals surface area contributed by atoms with Gasteiger partial charge in [0.2, 0.25) is 0 Å². The predicted molar refractivity (Wildman–Crippen MR) is 82.4 cm³/mol. The summed E-state index contributed by atoms with van der Waals surface area (Å²) in [6.45, 7) is 2.36. The summed E-state index contributed by atoms with van der Waals surface area (Å²) in [6.07, 6.45) is 1.50. The molecule has 1 unspecified atom stereocenters. The highest BCUT2D eigenvalue weighted by Gasteiger charge is 2.33. The number of likely N-dealkylation sites (tertiary alicyclic amines) is 1. The third-order valence-corrected chi connectivity index (χ3v) is 4.15. The van der Waals surface area contributed by atoms with Crippen molar-refractivity contribution in [2.75, 3.05) is 6.54 Å². The van der Waals surface area contributed by atoms with Crippen LogP contribution in [0.2, 0.25) is 0 Å². The van der Waals surface area contributed by atoms with Crippen molar-refractivity contribution in [3.8, 4) is 5.69 Å². The van der Waals surface area contributed by atoms with Crippen molar-refractivity contribution in [3.05, 3.63) is 41.7 Å². The Morgan fingerprint density at radius 2 is 2.04 bits per heavy atom. The fourth-order valence-electron chi connectivity index (χ4n) is 2.99. The fourth-order valence-corrected chi connectivity index (χ4v) is 2.99. The number of carboxylic acids is 1. The molecule has 0 bridgehead atoms. The first-order valence-corrected chi connectivity index (χ1v) is 7.58. The van der Waals surface area contributed by atoms with Crippen LogP contribution < -0.4 is 0 Å². The maximum atomic E-state index is 12.7. The second-order valence-electron chi connectivity index (χ2n) is 5.66. The van der Waals surface area contributed by atoms with E-state index in [4.69, 9.17) is 5.11 Å². The SMILES string of the molecule is Cc1c(C(=O)N2CCCC2CC(=O)O)nnn1-c1ccccc1. The normalized spacial score (nSPS) is 17.4. The van der Waals surface area contributed by atoms with Gasteiger partial charge in [-0.05, 0) is 31.9 Å². The fraction of sp³-hybridized carbons (Fsp3) is 0.375. The largest absolute Gasteiger partial charge is 0.481 e. The van der Waals surface area contributed by atoms with Crippen molar-refractivity contribution < 1.29 is 14.7 Å². The number of rotatable bonds is 4. The Kier molecular flexibility index (Phi) is 4.10. The summed E-state index contributed by atoms with van der Waals surface area (Å²) in [5.41, 5.74) is 1.77. The molecule has 120 valence electrons. The van der Waals surface area contributed by atoms with Gasteiger partial charge >= 0.3 is 5.97 Å². The van der Waals surface area contributed by atoms with E-state index in [2.05, 4.69) is 10.3 Å². The van der Waals surface area contributed by atoms with E-state index in [0.29, 0.717) is 18.7 Å². The first-order valence-electron chi connectivity index (χ1n) is 7.58. The average Bonchev–Trinajstić information content (AvgIpc) is 3.14. The zero-order valence-corrected chi connectivity index (χ0v) is 12.8. The Labute approximate surface area is 133 Å². The van der Waals surface area contributed by atoms with Crippen molar-refractivity contribution >= 4 is 11.9 Å². The first-order chi connectivity index (χ1) is 11.1. The number of para-hydroxylation sites is 1. The van der Waals surface area contributed by atoms with Crippen LogP contribution in [0.25, 0.3) is 5.69 Å². The molecule has 1 aliphatic rings. The standard InChI is InChI=1S/C16H18N4O3/c1-11-15(17-18-20(11)12-6-3-2-4-7-12)16(23)19-9-5-8-13(19)10-14(21)22/h2-4,6-7,13H,5,8-10H2,1H3,(H,21,22). The van der Waals surface area contributed by atoms with Gasteiger partial charge in [0.05, 0.1) is 17.8 Å². The summed E-state index contributed by atoms with van der Waals surface area (Å²) in [6, 6.07) is 9.20. The molecule has 0 saturated carbocycles. The zero-order valence-electron chi connectivity index (χ0n) is 12.8. The predicted octanol–water partition coefficient (Wildman–Crippen LogP) is 1.66. The number of benzene rings is 1. The van der Waals surface area contributed by atoms with Gasteiger partial charge in [-0.3, -0.25) is 9.59 Å². The maximum absolute atomic E-state index is 12.7. The minimum absolute atomic E-state index is 0.0301. The van der Waals surface area contributed by atoms with Crippen LogP contribution in [0.4, 0.5) is 0 Å². The summed E-state index contributed by atoms with van der Waals surface area (Å²) in [7, 11) is 0. The summed E-state index contributed by atoms with van der Waals surface area (Å²) in [5.74, 6) is -1.13. The van der Waals surface area contributed by atoms with E-state index in [-0.39, 0.29) is 24.1 Å². The number of carboxylic acid groups (broad SMARTS) is 1. The van der Waals surface area contributed by atoms with Crippen molar-refractivity contribution in [2.45, 2.75) is 32.2 Å². The van der Waals surface area contributed by atoms with E-state index in [9.17, 15) is 9.59 Å². The third kappa shape index (κ3) is 2.94. The summed E-state index contributed by atoms with van der Waals surface area (Å²) in [5, 5.41) is 17.1. The van der Waals surface area contributed by atoms with Crippen LogP contribution in [0.15, 0.2) is 30.3 Å². The topological polar surface area (TPSA) is 88.3 Å². The molecule has 0 aliphatic carbocycles. The van der Waals surface area contributed by atoms with E-state index in [0.717, 1.165) is 12.1 Å². The van der Waals surface area contributed by atoms with Crippen molar-refractivity contribution in [2.24, 2.45) is 0 Å². The molecule has 23 heavy (non-hydrogen) atoms. The number of hydrogen-bond donors (Lipinski definition) is 1. The molecule has 0 radical (unpaired) electrons. The number of carbonyl (C=O) groups excluding carboxylic acids is 1.